The Morgan fingerprint density at radius 3 is 2.28 bits per heavy atom. The van der Waals surface area contributed by atoms with E-state index in [1.165, 1.54) is 24.3 Å². The number of alkyl halides is 3. The number of hydrogen-bond acceptors (Lipinski definition) is 1. The molecule has 1 aromatic carbocycles. The van der Waals surface area contributed by atoms with Gasteiger partial charge in [-0.25, -0.2) is 0 Å². The first kappa shape index (κ1) is 14.8. The molecule has 0 saturated heterocycles. The van der Waals surface area contributed by atoms with Crippen LogP contribution in [-0.2, 0) is 4.79 Å². The first-order valence-electron chi connectivity index (χ1n) is 5.46. The van der Waals surface area contributed by atoms with Crippen LogP contribution in [0, 0.1) is 0 Å². The van der Waals surface area contributed by atoms with Gasteiger partial charge in [-0.05, 0) is 30.7 Å². The second kappa shape index (κ2) is 6.09. The van der Waals surface area contributed by atoms with Gasteiger partial charge in [0.2, 0.25) is 5.91 Å². The number of nitrogens with zero attached hydrogens (tertiary/aromatic N) is 1. The fourth-order valence-electron chi connectivity index (χ4n) is 1.47. The van der Waals surface area contributed by atoms with Gasteiger partial charge in [-0.15, -0.1) is 0 Å². The summed E-state index contributed by atoms with van der Waals surface area (Å²) >= 11 is 5.66. The maximum absolute atomic E-state index is 12.5. The van der Waals surface area contributed by atoms with Crippen LogP contribution in [0.5, 0.6) is 0 Å². The molecule has 0 fully saturated rings. The average molecular weight is 280 g/mol. The third-order valence-electron chi connectivity index (χ3n) is 2.24. The van der Waals surface area contributed by atoms with Gasteiger partial charge < -0.3 is 4.90 Å². The molecular weight excluding hydrogens is 267 g/mol. The summed E-state index contributed by atoms with van der Waals surface area (Å²) in [7, 11) is 0. The molecule has 100 valence electrons. The third kappa shape index (κ3) is 4.56. The van der Waals surface area contributed by atoms with Gasteiger partial charge in [0.25, 0.3) is 0 Å². The van der Waals surface area contributed by atoms with Gasteiger partial charge in [0.1, 0.15) is 6.54 Å². The third-order valence-corrected chi connectivity index (χ3v) is 2.49. The van der Waals surface area contributed by atoms with Crippen molar-refractivity contribution in [3.05, 3.63) is 29.3 Å². The number of rotatable bonds is 4. The van der Waals surface area contributed by atoms with Crippen LogP contribution in [0.25, 0.3) is 0 Å². The maximum Gasteiger partial charge on any atom is 0.406 e. The van der Waals surface area contributed by atoms with Gasteiger partial charge in [-0.1, -0.05) is 18.5 Å². The van der Waals surface area contributed by atoms with Gasteiger partial charge in [-0.2, -0.15) is 13.2 Å². The molecule has 0 heterocycles. The van der Waals surface area contributed by atoms with E-state index in [-0.39, 0.29) is 12.1 Å². The Morgan fingerprint density at radius 2 is 1.83 bits per heavy atom. The second-order valence-corrected chi connectivity index (χ2v) is 4.26. The van der Waals surface area contributed by atoms with E-state index >= 15 is 0 Å². The Morgan fingerprint density at radius 1 is 1.28 bits per heavy atom. The second-order valence-electron chi connectivity index (χ2n) is 3.82. The predicted octanol–water partition coefficient (Wildman–Crippen LogP) is 4.04. The predicted molar refractivity (Wildman–Crippen MR) is 64.8 cm³/mol. The molecule has 0 bridgehead atoms. The zero-order valence-corrected chi connectivity index (χ0v) is 10.6. The van der Waals surface area contributed by atoms with Crippen molar-refractivity contribution in [1.29, 1.82) is 0 Å². The highest BCUT2D eigenvalue weighted by atomic mass is 35.5. The van der Waals surface area contributed by atoms with Crippen molar-refractivity contribution in [2.24, 2.45) is 0 Å². The summed E-state index contributed by atoms with van der Waals surface area (Å²) < 4.78 is 37.4. The van der Waals surface area contributed by atoms with E-state index < -0.39 is 18.6 Å². The lowest BCUT2D eigenvalue weighted by Crippen LogP contribution is -2.38. The molecule has 0 aliphatic carbocycles. The van der Waals surface area contributed by atoms with Crippen LogP contribution < -0.4 is 4.90 Å². The molecule has 2 nitrogen and oxygen atoms in total. The summed E-state index contributed by atoms with van der Waals surface area (Å²) in [5.74, 6) is -0.544. The van der Waals surface area contributed by atoms with Crippen molar-refractivity contribution >= 4 is 23.2 Å². The molecule has 0 N–H and O–H groups in total. The van der Waals surface area contributed by atoms with Crippen molar-refractivity contribution in [3.8, 4) is 0 Å². The fraction of sp³-hybridized carbons (Fsp3) is 0.417. The number of anilines is 1. The number of amides is 1. The smallest absolute Gasteiger partial charge is 0.303 e. The maximum atomic E-state index is 12.5. The van der Waals surface area contributed by atoms with Crippen molar-refractivity contribution in [3.63, 3.8) is 0 Å². The summed E-state index contributed by atoms with van der Waals surface area (Å²) in [4.78, 5) is 12.4. The van der Waals surface area contributed by atoms with E-state index in [0.29, 0.717) is 11.4 Å². The zero-order valence-electron chi connectivity index (χ0n) is 9.80. The molecule has 18 heavy (non-hydrogen) atoms. The standard InChI is InChI=1S/C12H13ClF3NO/c1-2-3-11(18)17(8-12(14,15)16)10-6-4-9(13)5-7-10/h4-7H,2-3,8H2,1H3. The molecular formula is C12H13ClF3NO. The van der Waals surface area contributed by atoms with Gasteiger partial charge in [0.05, 0.1) is 0 Å². The molecule has 0 spiro atoms. The van der Waals surface area contributed by atoms with E-state index in [1.54, 1.807) is 6.92 Å². The van der Waals surface area contributed by atoms with Crippen LogP contribution in [0.3, 0.4) is 0 Å². The summed E-state index contributed by atoms with van der Waals surface area (Å²) in [5, 5.41) is 0.411. The largest absolute Gasteiger partial charge is 0.406 e. The van der Waals surface area contributed by atoms with Gasteiger partial charge in [0, 0.05) is 17.1 Å². The van der Waals surface area contributed by atoms with E-state index in [0.717, 1.165) is 4.90 Å². The van der Waals surface area contributed by atoms with Crippen LogP contribution >= 0.6 is 11.6 Å². The zero-order chi connectivity index (χ0) is 13.8. The highest BCUT2D eigenvalue weighted by Crippen LogP contribution is 2.24. The first-order valence-corrected chi connectivity index (χ1v) is 5.84. The van der Waals surface area contributed by atoms with Gasteiger partial charge in [-0.3, -0.25) is 4.79 Å². The van der Waals surface area contributed by atoms with Gasteiger partial charge >= 0.3 is 6.18 Å². The van der Waals surface area contributed by atoms with Crippen LogP contribution in [0.1, 0.15) is 19.8 Å². The molecule has 0 saturated carbocycles. The topological polar surface area (TPSA) is 20.3 Å². The molecule has 0 aliphatic heterocycles. The molecule has 0 radical (unpaired) electrons. The Kier molecular flexibility index (Phi) is 5.02. The lowest BCUT2D eigenvalue weighted by molar-refractivity contribution is -0.132. The molecule has 1 amide bonds. The Bertz CT molecular complexity index is 403. The van der Waals surface area contributed by atoms with Crippen LogP contribution in [0.2, 0.25) is 5.02 Å². The quantitative estimate of drug-likeness (QED) is 0.815. The highest BCUT2D eigenvalue weighted by Gasteiger charge is 2.33. The highest BCUT2D eigenvalue weighted by molar-refractivity contribution is 6.30. The minimum Gasteiger partial charge on any atom is -0.303 e. The minimum atomic E-state index is -4.43. The first-order chi connectivity index (χ1) is 8.33. The van der Waals surface area contributed by atoms with E-state index in [2.05, 4.69) is 0 Å². The molecule has 6 heteroatoms. The molecule has 0 aliphatic rings. The molecule has 0 aromatic heterocycles. The Labute approximate surface area is 108 Å². The van der Waals surface area contributed by atoms with E-state index in [9.17, 15) is 18.0 Å². The monoisotopic (exact) mass is 279 g/mol. The van der Waals surface area contributed by atoms with E-state index in [1.807, 2.05) is 0 Å². The number of carbonyl (C=O) groups is 1. The number of carbonyl (C=O) groups excluding carboxylic acids is 1. The SMILES string of the molecule is CCCC(=O)N(CC(F)(F)F)c1ccc(Cl)cc1. The Balaban J connectivity index is 2.96. The molecule has 0 atom stereocenters. The van der Waals surface area contributed by atoms with Crippen molar-refractivity contribution in [1.82, 2.24) is 0 Å². The van der Waals surface area contributed by atoms with E-state index in [4.69, 9.17) is 11.6 Å². The van der Waals surface area contributed by atoms with Crippen molar-refractivity contribution < 1.29 is 18.0 Å². The number of halogens is 4. The van der Waals surface area contributed by atoms with Crippen LogP contribution in [0.4, 0.5) is 18.9 Å². The number of hydrogen-bond donors (Lipinski definition) is 0. The van der Waals surface area contributed by atoms with Crippen molar-refractivity contribution in [2.45, 2.75) is 25.9 Å². The normalized spacial score (nSPS) is 11.4. The van der Waals surface area contributed by atoms with Crippen LogP contribution in [-0.4, -0.2) is 18.6 Å². The summed E-state index contributed by atoms with van der Waals surface area (Å²) in [6.07, 6.45) is -3.84. The van der Waals surface area contributed by atoms with Crippen molar-refractivity contribution in [2.75, 3.05) is 11.4 Å². The summed E-state index contributed by atoms with van der Waals surface area (Å²) in [5.41, 5.74) is 0.204. The summed E-state index contributed by atoms with van der Waals surface area (Å²) in [6.45, 7) is 0.457. The lowest BCUT2D eigenvalue weighted by atomic mass is 10.2. The van der Waals surface area contributed by atoms with Crippen LogP contribution in [0.15, 0.2) is 24.3 Å². The lowest BCUT2D eigenvalue weighted by Gasteiger charge is -2.24. The Hall–Kier alpha value is -1.23. The molecule has 0 unspecified atom stereocenters. The fourth-order valence-corrected chi connectivity index (χ4v) is 1.60. The minimum absolute atomic E-state index is 0.0821. The average Bonchev–Trinajstić information content (AvgIpc) is 2.26. The number of benzene rings is 1. The molecule has 1 aromatic rings. The van der Waals surface area contributed by atoms with Gasteiger partial charge in [0.15, 0.2) is 0 Å². The summed E-state index contributed by atoms with van der Waals surface area (Å²) in [6, 6.07) is 5.72. The molecule has 1 rings (SSSR count).